The second kappa shape index (κ2) is 5.30. The Balaban J connectivity index is 2.55. The maximum Gasteiger partial charge on any atom is 0.238 e. The fraction of sp³-hybridized carbons (Fsp3) is 0.0769. The molecule has 0 bridgehead atoms. The van der Waals surface area contributed by atoms with E-state index in [1.54, 1.807) is 0 Å². The van der Waals surface area contributed by atoms with Crippen molar-refractivity contribution in [2.45, 2.75) is 11.8 Å². The highest BCUT2D eigenvalue weighted by Gasteiger charge is 2.16. The van der Waals surface area contributed by atoms with E-state index in [0.29, 0.717) is 0 Å². The molecule has 112 valence electrons. The number of benzene rings is 2. The normalized spacial score (nSPS) is 11.4. The smallest absolute Gasteiger partial charge is 0.238 e. The number of primary sulfonamides is 1. The third-order valence-electron chi connectivity index (χ3n) is 2.89. The van der Waals surface area contributed by atoms with Crippen molar-refractivity contribution >= 4 is 27.1 Å². The van der Waals surface area contributed by atoms with Gasteiger partial charge < -0.3 is 11.1 Å². The summed E-state index contributed by atoms with van der Waals surface area (Å²) in [6.07, 6.45) is 0. The predicted octanol–water partition coefficient (Wildman–Crippen LogP) is 2.25. The summed E-state index contributed by atoms with van der Waals surface area (Å²) in [6, 6.07) is 5.50. The summed E-state index contributed by atoms with van der Waals surface area (Å²) in [5.41, 5.74) is 6.10. The molecule has 0 amide bonds. The third kappa shape index (κ3) is 3.29. The third-order valence-corrected chi connectivity index (χ3v) is 3.92. The summed E-state index contributed by atoms with van der Waals surface area (Å²) in [6.45, 7) is 1.48. The first-order valence-corrected chi connectivity index (χ1v) is 7.38. The number of hydrogen-bond donors (Lipinski definition) is 3. The second-order valence-electron chi connectivity index (χ2n) is 4.49. The molecule has 5 nitrogen and oxygen atoms in total. The Morgan fingerprint density at radius 1 is 1.10 bits per heavy atom. The van der Waals surface area contributed by atoms with Crippen LogP contribution in [0.5, 0.6) is 0 Å². The summed E-state index contributed by atoms with van der Waals surface area (Å²) < 4.78 is 49.8. The van der Waals surface area contributed by atoms with E-state index in [-0.39, 0.29) is 27.5 Å². The Morgan fingerprint density at radius 3 is 2.38 bits per heavy atom. The van der Waals surface area contributed by atoms with Gasteiger partial charge in [-0.15, -0.1) is 0 Å². The molecule has 0 heterocycles. The zero-order valence-electron chi connectivity index (χ0n) is 11.0. The number of anilines is 3. The van der Waals surface area contributed by atoms with Crippen LogP contribution in [0.3, 0.4) is 0 Å². The Morgan fingerprint density at radius 2 is 1.76 bits per heavy atom. The number of nitrogen functional groups attached to an aromatic ring is 1. The summed E-state index contributed by atoms with van der Waals surface area (Å²) in [5, 5.41) is 7.72. The molecule has 0 saturated heterocycles. The highest BCUT2D eigenvalue weighted by Crippen LogP contribution is 2.29. The molecule has 0 atom stereocenters. The van der Waals surface area contributed by atoms with Crippen molar-refractivity contribution in [1.29, 1.82) is 0 Å². The van der Waals surface area contributed by atoms with Gasteiger partial charge in [0, 0.05) is 17.4 Å². The number of nitrogens with two attached hydrogens (primary N) is 2. The second-order valence-corrected chi connectivity index (χ2v) is 6.02. The van der Waals surface area contributed by atoms with Crippen molar-refractivity contribution in [3.05, 3.63) is 47.5 Å². The van der Waals surface area contributed by atoms with Crippen molar-refractivity contribution in [3.8, 4) is 0 Å². The first-order chi connectivity index (χ1) is 9.68. The van der Waals surface area contributed by atoms with Crippen molar-refractivity contribution in [3.63, 3.8) is 0 Å². The van der Waals surface area contributed by atoms with E-state index in [1.807, 2.05) is 0 Å². The van der Waals surface area contributed by atoms with Crippen LogP contribution in [0.4, 0.5) is 25.8 Å². The van der Waals surface area contributed by atoms with Gasteiger partial charge in [-0.25, -0.2) is 22.3 Å². The average molecular weight is 313 g/mol. The van der Waals surface area contributed by atoms with Gasteiger partial charge in [0.1, 0.15) is 11.6 Å². The van der Waals surface area contributed by atoms with Crippen molar-refractivity contribution in [2.75, 3.05) is 11.1 Å². The average Bonchev–Trinajstić information content (AvgIpc) is 2.36. The molecule has 0 unspecified atom stereocenters. The Bertz CT molecular complexity index is 807. The van der Waals surface area contributed by atoms with E-state index >= 15 is 0 Å². The van der Waals surface area contributed by atoms with Crippen LogP contribution in [-0.4, -0.2) is 8.42 Å². The monoisotopic (exact) mass is 313 g/mol. The molecule has 0 fully saturated rings. The topological polar surface area (TPSA) is 98.2 Å². The first kappa shape index (κ1) is 15.2. The lowest BCUT2D eigenvalue weighted by atomic mass is 10.1. The van der Waals surface area contributed by atoms with Gasteiger partial charge in [0.25, 0.3) is 0 Å². The Kier molecular flexibility index (Phi) is 3.84. The summed E-state index contributed by atoms with van der Waals surface area (Å²) >= 11 is 0. The largest absolute Gasteiger partial charge is 0.399 e. The fourth-order valence-corrected chi connectivity index (χ4v) is 2.71. The molecule has 0 spiro atoms. The van der Waals surface area contributed by atoms with Crippen molar-refractivity contribution in [2.24, 2.45) is 5.14 Å². The van der Waals surface area contributed by atoms with E-state index in [2.05, 4.69) is 5.32 Å². The van der Waals surface area contributed by atoms with Crippen molar-refractivity contribution < 1.29 is 17.2 Å². The number of hydrogen-bond acceptors (Lipinski definition) is 4. The molecule has 0 saturated carbocycles. The van der Waals surface area contributed by atoms with Crippen LogP contribution in [0, 0.1) is 18.6 Å². The molecule has 2 rings (SSSR count). The van der Waals surface area contributed by atoms with Crippen LogP contribution in [0.15, 0.2) is 35.2 Å². The number of sulfonamides is 1. The van der Waals surface area contributed by atoms with E-state index < -0.39 is 21.7 Å². The summed E-state index contributed by atoms with van der Waals surface area (Å²) in [7, 11) is -3.98. The highest BCUT2D eigenvalue weighted by molar-refractivity contribution is 7.89. The minimum Gasteiger partial charge on any atom is -0.399 e. The van der Waals surface area contributed by atoms with Crippen LogP contribution in [0.2, 0.25) is 0 Å². The minimum atomic E-state index is -3.98. The van der Waals surface area contributed by atoms with Crippen LogP contribution >= 0.6 is 0 Å². The molecule has 0 radical (unpaired) electrons. The molecule has 21 heavy (non-hydrogen) atoms. The molecule has 5 N–H and O–H groups in total. The summed E-state index contributed by atoms with van der Waals surface area (Å²) in [5.74, 6) is -1.32. The lowest BCUT2D eigenvalue weighted by Crippen LogP contribution is -2.15. The van der Waals surface area contributed by atoms with Gasteiger partial charge in [-0.1, -0.05) is 0 Å². The maximum atomic E-state index is 13.6. The zero-order valence-corrected chi connectivity index (χ0v) is 11.8. The van der Waals surface area contributed by atoms with Crippen LogP contribution in [0.25, 0.3) is 0 Å². The molecule has 2 aromatic rings. The van der Waals surface area contributed by atoms with Crippen molar-refractivity contribution in [1.82, 2.24) is 0 Å². The number of nitrogens with one attached hydrogen (secondary N) is 1. The molecule has 0 aromatic heterocycles. The fourth-order valence-electron chi connectivity index (χ4n) is 1.87. The van der Waals surface area contributed by atoms with Crippen LogP contribution in [0.1, 0.15) is 5.56 Å². The van der Waals surface area contributed by atoms with Gasteiger partial charge in [0.2, 0.25) is 10.0 Å². The molecule has 0 aliphatic heterocycles. The molecular weight excluding hydrogens is 300 g/mol. The van der Waals surface area contributed by atoms with Crippen LogP contribution in [-0.2, 0) is 10.0 Å². The number of rotatable bonds is 3. The van der Waals surface area contributed by atoms with Gasteiger partial charge >= 0.3 is 0 Å². The quantitative estimate of drug-likeness (QED) is 0.757. The zero-order chi connectivity index (χ0) is 15.8. The molecule has 0 aliphatic carbocycles. The van der Waals surface area contributed by atoms with Gasteiger partial charge in [0.15, 0.2) is 0 Å². The molecular formula is C13H13F2N3O2S. The Labute approximate surface area is 120 Å². The Hall–Kier alpha value is -2.19. The van der Waals surface area contributed by atoms with E-state index in [9.17, 15) is 17.2 Å². The summed E-state index contributed by atoms with van der Waals surface area (Å²) in [4.78, 5) is -0.179. The maximum absolute atomic E-state index is 13.6. The first-order valence-electron chi connectivity index (χ1n) is 5.83. The molecule has 0 aliphatic rings. The standard InChI is InChI=1S/C13H13F2N3O2S/c1-7-11(5-9(16)6-13(7)21(17,19)20)18-12-4-8(14)2-3-10(12)15/h2-6,18H,16H2,1H3,(H2,17,19,20). The van der Waals surface area contributed by atoms with Gasteiger partial charge in [0.05, 0.1) is 10.6 Å². The molecule has 8 heteroatoms. The highest BCUT2D eigenvalue weighted by atomic mass is 32.2. The predicted molar refractivity (Wildman–Crippen MR) is 76.6 cm³/mol. The lowest BCUT2D eigenvalue weighted by molar-refractivity contribution is 0.597. The van der Waals surface area contributed by atoms with Gasteiger partial charge in [-0.3, -0.25) is 0 Å². The van der Waals surface area contributed by atoms with E-state index in [0.717, 1.165) is 18.2 Å². The van der Waals surface area contributed by atoms with E-state index in [1.165, 1.54) is 19.1 Å². The minimum absolute atomic E-state index is 0.129. The SMILES string of the molecule is Cc1c(Nc2cc(F)ccc2F)cc(N)cc1S(N)(=O)=O. The number of halogens is 2. The molecule has 2 aromatic carbocycles. The van der Waals surface area contributed by atoms with E-state index in [4.69, 9.17) is 10.9 Å². The van der Waals surface area contributed by atoms with Gasteiger partial charge in [-0.05, 0) is 36.8 Å². The van der Waals surface area contributed by atoms with Crippen LogP contribution < -0.4 is 16.2 Å². The van der Waals surface area contributed by atoms with Gasteiger partial charge in [-0.2, -0.15) is 0 Å². The lowest BCUT2D eigenvalue weighted by Gasteiger charge is -2.14.